The lowest BCUT2D eigenvalue weighted by atomic mass is 9.98. The van der Waals surface area contributed by atoms with Crippen LogP contribution >= 0.6 is 0 Å². The number of rotatable bonds is 1. The van der Waals surface area contributed by atoms with Crippen molar-refractivity contribution in [1.29, 1.82) is 0 Å². The second-order valence-corrected chi connectivity index (χ2v) is 3.52. The lowest BCUT2D eigenvalue weighted by Gasteiger charge is -2.27. The number of hydrogen-bond acceptors (Lipinski definition) is 3. The molecule has 0 saturated carbocycles. The first kappa shape index (κ1) is 8.08. The minimum absolute atomic E-state index is 0.638. The minimum Gasteiger partial charge on any atom is -0.495 e. The summed E-state index contributed by atoms with van der Waals surface area (Å²) in [7, 11) is 0. The van der Waals surface area contributed by atoms with E-state index in [1.807, 2.05) is 6.08 Å². The first-order valence-corrected chi connectivity index (χ1v) is 4.58. The van der Waals surface area contributed by atoms with Gasteiger partial charge in [0.2, 0.25) is 0 Å². The van der Waals surface area contributed by atoms with E-state index in [-0.39, 0.29) is 0 Å². The molecule has 1 saturated heterocycles. The summed E-state index contributed by atoms with van der Waals surface area (Å²) in [5, 5.41) is 13.2. The summed E-state index contributed by atoms with van der Waals surface area (Å²) in [6.07, 6.45) is 4.92. The Labute approximate surface area is 72.4 Å². The van der Waals surface area contributed by atoms with E-state index >= 15 is 0 Å². The van der Waals surface area contributed by atoms with Crippen LogP contribution < -0.4 is 5.32 Å². The first-order chi connectivity index (χ1) is 5.81. The molecule has 0 aromatic heterocycles. The van der Waals surface area contributed by atoms with Gasteiger partial charge in [0.1, 0.15) is 11.4 Å². The van der Waals surface area contributed by atoms with Gasteiger partial charge >= 0.3 is 0 Å². The number of allylic oxidation sites excluding steroid dienone is 1. The third-order valence-electron chi connectivity index (χ3n) is 2.53. The quantitative estimate of drug-likeness (QED) is 0.597. The van der Waals surface area contributed by atoms with Crippen molar-refractivity contribution in [2.45, 2.75) is 24.9 Å². The van der Waals surface area contributed by atoms with E-state index in [1.165, 1.54) is 0 Å². The van der Waals surface area contributed by atoms with Gasteiger partial charge in [0.15, 0.2) is 0 Å². The molecular formula is C9H15NO2. The highest BCUT2D eigenvalue weighted by Gasteiger charge is 2.37. The second kappa shape index (κ2) is 3.07. The van der Waals surface area contributed by atoms with Crippen LogP contribution in [0.4, 0.5) is 0 Å². The molecule has 12 heavy (non-hydrogen) atoms. The zero-order chi connectivity index (χ0) is 8.44. The first-order valence-electron chi connectivity index (χ1n) is 4.58. The lowest BCUT2D eigenvalue weighted by molar-refractivity contribution is 0.0193. The molecule has 1 atom stereocenters. The maximum Gasteiger partial charge on any atom is 0.135 e. The molecule has 1 unspecified atom stereocenters. The predicted octanol–water partition coefficient (Wildman–Crippen LogP) is 0.405. The monoisotopic (exact) mass is 169 g/mol. The molecule has 1 fully saturated rings. The van der Waals surface area contributed by atoms with Gasteiger partial charge in [0.25, 0.3) is 0 Å². The third kappa shape index (κ3) is 1.34. The van der Waals surface area contributed by atoms with Crippen LogP contribution in [-0.4, -0.2) is 30.4 Å². The number of aliphatic hydroxyl groups is 1. The molecule has 2 aliphatic heterocycles. The van der Waals surface area contributed by atoms with E-state index in [1.54, 1.807) is 0 Å². The van der Waals surface area contributed by atoms with Gasteiger partial charge in [-0.05, 0) is 31.9 Å². The van der Waals surface area contributed by atoms with Crippen molar-refractivity contribution in [2.75, 3.05) is 19.7 Å². The topological polar surface area (TPSA) is 41.5 Å². The zero-order valence-corrected chi connectivity index (χ0v) is 7.18. The summed E-state index contributed by atoms with van der Waals surface area (Å²) in [5.74, 6) is 0.791. The van der Waals surface area contributed by atoms with Crippen LogP contribution in [0.25, 0.3) is 0 Å². The van der Waals surface area contributed by atoms with Crippen LogP contribution in [0.5, 0.6) is 0 Å². The van der Waals surface area contributed by atoms with E-state index in [9.17, 15) is 5.11 Å². The fraction of sp³-hybridized carbons (Fsp3) is 0.778. The third-order valence-corrected chi connectivity index (χ3v) is 2.53. The Kier molecular flexibility index (Phi) is 2.07. The van der Waals surface area contributed by atoms with Gasteiger partial charge in [-0.3, -0.25) is 0 Å². The van der Waals surface area contributed by atoms with Gasteiger partial charge in [-0.2, -0.15) is 0 Å². The molecule has 68 valence electrons. The summed E-state index contributed by atoms with van der Waals surface area (Å²) in [6.45, 7) is 2.28. The van der Waals surface area contributed by atoms with E-state index in [2.05, 4.69) is 5.32 Å². The number of nitrogens with one attached hydrogen (secondary N) is 1. The van der Waals surface area contributed by atoms with E-state index in [0.29, 0.717) is 6.54 Å². The molecule has 0 aliphatic carbocycles. The molecule has 3 heteroatoms. The highest BCUT2D eigenvalue weighted by molar-refractivity contribution is 5.15. The molecule has 0 spiro atoms. The molecule has 2 aliphatic rings. The molecule has 2 rings (SSSR count). The fourth-order valence-corrected chi connectivity index (χ4v) is 1.77. The van der Waals surface area contributed by atoms with Gasteiger partial charge < -0.3 is 15.2 Å². The molecule has 0 radical (unpaired) electrons. The molecule has 2 heterocycles. The van der Waals surface area contributed by atoms with Gasteiger partial charge in [0, 0.05) is 6.54 Å². The smallest absolute Gasteiger partial charge is 0.135 e. The normalized spacial score (nSPS) is 35.9. The average Bonchev–Trinajstić information content (AvgIpc) is 2.55. The Morgan fingerprint density at radius 1 is 1.58 bits per heavy atom. The van der Waals surface area contributed by atoms with Crippen LogP contribution in [0.3, 0.4) is 0 Å². The predicted molar refractivity (Wildman–Crippen MR) is 45.7 cm³/mol. The van der Waals surface area contributed by atoms with Crippen LogP contribution in [0.1, 0.15) is 19.3 Å². The lowest BCUT2D eigenvalue weighted by Crippen LogP contribution is -2.35. The van der Waals surface area contributed by atoms with Crippen molar-refractivity contribution in [3.63, 3.8) is 0 Å². The minimum atomic E-state index is -0.708. The molecule has 2 N–H and O–H groups in total. The average molecular weight is 169 g/mol. The van der Waals surface area contributed by atoms with E-state index in [4.69, 9.17) is 4.74 Å². The molecular weight excluding hydrogens is 154 g/mol. The molecule has 0 amide bonds. The van der Waals surface area contributed by atoms with Gasteiger partial charge in [-0.1, -0.05) is 0 Å². The molecule has 0 aromatic rings. The van der Waals surface area contributed by atoms with Crippen LogP contribution in [0, 0.1) is 0 Å². The summed E-state index contributed by atoms with van der Waals surface area (Å²) < 4.78 is 5.44. The van der Waals surface area contributed by atoms with E-state index in [0.717, 1.165) is 38.2 Å². The maximum absolute atomic E-state index is 10.1. The number of β-amino-alcohol motifs (C(OH)–C–C–N with tert-alkyl or cyclic N) is 1. The van der Waals surface area contributed by atoms with Crippen molar-refractivity contribution in [3.05, 3.63) is 11.8 Å². The Morgan fingerprint density at radius 3 is 3.08 bits per heavy atom. The Balaban J connectivity index is 2.10. The van der Waals surface area contributed by atoms with E-state index < -0.39 is 5.60 Å². The molecule has 0 aromatic carbocycles. The standard InChI is InChI=1S/C9H15NO2/c11-9(4-5-10-7-9)8-3-1-2-6-12-8/h3,10-11H,1-2,4-7H2. The Hall–Kier alpha value is -0.540. The van der Waals surface area contributed by atoms with Crippen molar-refractivity contribution in [3.8, 4) is 0 Å². The highest BCUT2D eigenvalue weighted by atomic mass is 16.5. The van der Waals surface area contributed by atoms with Gasteiger partial charge in [0.05, 0.1) is 6.61 Å². The van der Waals surface area contributed by atoms with Crippen LogP contribution in [0.2, 0.25) is 0 Å². The number of ether oxygens (including phenoxy) is 1. The largest absolute Gasteiger partial charge is 0.495 e. The van der Waals surface area contributed by atoms with Crippen molar-refractivity contribution in [1.82, 2.24) is 5.32 Å². The van der Waals surface area contributed by atoms with Crippen LogP contribution in [-0.2, 0) is 4.74 Å². The summed E-state index contributed by atoms with van der Waals surface area (Å²) in [6, 6.07) is 0. The molecule has 0 bridgehead atoms. The van der Waals surface area contributed by atoms with Crippen LogP contribution in [0.15, 0.2) is 11.8 Å². The molecule has 3 nitrogen and oxygen atoms in total. The maximum atomic E-state index is 10.1. The highest BCUT2D eigenvalue weighted by Crippen LogP contribution is 2.27. The Morgan fingerprint density at radius 2 is 2.50 bits per heavy atom. The van der Waals surface area contributed by atoms with Gasteiger partial charge in [-0.15, -0.1) is 0 Å². The summed E-state index contributed by atoms with van der Waals surface area (Å²) in [5.41, 5.74) is -0.708. The Bertz CT molecular complexity index is 195. The van der Waals surface area contributed by atoms with Gasteiger partial charge in [-0.25, -0.2) is 0 Å². The summed E-state index contributed by atoms with van der Waals surface area (Å²) in [4.78, 5) is 0. The summed E-state index contributed by atoms with van der Waals surface area (Å²) >= 11 is 0. The second-order valence-electron chi connectivity index (χ2n) is 3.52. The van der Waals surface area contributed by atoms with Crippen molar-refractivity contribution < 1.29 is 9.84 Å². The SMILES string of the molecule is OC1(C2=CCCCO2)CCNC1. The van der Waals surface area contributed by atoms with Crippen molar-refractivity contribution in [2.24, 2.45) is 0 Å². The fourth-order valence-electron chi connectivity index (χ4n) is 1.77. The number of hydrogen-bond donors (Lipinski definition) is 2. The zero-order valence-electron chi connectivity index (χ0n) is 7.18. The van der Waals surface area contributed by atoms with Crippen molar-refractivity contribution >= 4 is 0 Å².